The Balaban J connectivity index is 1.96. The Labute approximate surface area is 115 Å². The summed E-state index contributed by atoms with van der Waals surface area (Å²) in [6.07, 6.45) is 1.92. The zero-order valence-corrected chi connectivity index (χ0v) is 12.4. The fourth-order valence-electron chi connectivity index (χ4n) is 3.58. The predicted molar refractivity (Wildman–Crippen MR) is 76.1 cm³/mol. The molecule has 2 heterocycles. The van der Waals surface area contributed by atoms with E-state index in [-0.39, 0.29) is 5.41 Å². The molecule has 3 rings (SSSR count). The molecular weight excluding hydrogens is 258 g/mol. The van der Waals surface area contributed by atoms with Crippen LogP contribution in [-0.4, -0.2) is 38.2 Å². The first-order chi connectivity index (χ1) is 8.95. The molecule has 3 nitrogen and oxygen atoms in total. The molecule has 19 heavy (non-hydrogen) atoms. The number of fused-ring (bicyclic) bond motifs is 2. The average molecular weight is 279 g/mol. The van der Waals surface area contributed by atoms with Gasteiger partial charge in [-0.15, -0.1) is 0 Å². The van der Waals surface area contributed by atoms with Crippen LogP contribution in [0.25, 0.3) is 0 Å². The van der Waals surface area contributed by atoms with Crippen LogP contribution >= 0.6 is 0 Å². The highest BCUT2D eigenvalue weighted by Crippen LogP contribution is 2.46. The van der Waals surface area contributed by atoms with Gasteiger partial charge in [-0.05, 0) is 51.4 Å². The van der Waals surface area contributed by atoms with Crippen LogP contribution in [0.3, 0.4) is 0 Å². The first kappa shape index (κ1) is 13.1. The Morgan fingerprint density at radius 2 is 1.79 bits per heavy atom. The number of hydrogen-bond donors (Lipinski definition) is 0. The van der Waals surface area contributed by atoms with Crippen molar-refractivity contribution in [1.82, 2.24) is 4.90 Å². The van der Waals surface area contributed by atoms with Gasteiger partial charge in [-0.1, -0.05) is 18.2 Å². The average Bonchev–Trinajstić information content (AvgIpc) is 2.59. The van der Waals surface area contributed by atoms with E-state index in [1.807, 2.05) is 18.2 Å². The Morgan fingerprint density at radius 1 is 1.16 bits per heavy atom. The van der Waals surface area contributed by atoms with E-state index in [9.17, 15) is 8.42 Å². The standard InChI is InChI=1S/C15H21NO2S/c1-12(2)16-9-7-15(8-10-16)11-19(17,18)14-6-4-3-5-13(14)15/h3-6,12H,7-11H2,1-2H3. The number of sulfone groups is 1. The van der Waals surface area contributed by atoms with E-state index >= 15 is 0 Å². The normalized spacial score (nSPS) is 24.8. The third kappa shape index (κ3) is 2.01. The van der Waals surface area contributed by atoms with Gasteiger partial charge in [-0.25, -0.2) is 8.42 Å². The maximum absolute atomic E-state index is 12.3. The van der Waals surface area contributed by atoms with E-state index in [0.717, 1.165) is 31.5 Å². The summed E-state index contributed by atoms with van der Waals surface area (Å²) >= 11 is 0. The van der Waals surface area contributed by atoms with Crippen molar-refractivity contribution in [3.8, 4) is 0 Å². The van der Waals surface area contributed by atoms with Crippen molar-refractivity contribution in [1.29, 1.82) is 0 Å². The second-order valence-corrected chi connectivity index (χ2v) is 8.12. The summed E-state index contributed by atoms with van der Waals surface area (Å²) in [5.74, 6) is 0.311. The Bertz CT molecular complexity index is 584. The minimum atomic E-state index is -3.07. The van der Waals surface area contributed by atoms with E-state index in [0.29, 0.717) is 16.7 Å². The van der Waals surface area contributed by atoms with E-state index in [1.54, 1.807) is 6.07 Å². The summed E-state index contributed by atoms with van der Waals surface area (Å²) in [6.45, 7) is 6.41. The second kappa shape index (κ2) is 4.32. The second-order valence-electron chi connectivity index (χ2n) is 6.17. The van der Waals surface area contributed by atoms with E-state index in [1.165, 1.54) is 0 Å². The lowest BCUT2D eigenvalue weighted by Gasteiger charge is -2.41. The molecule has 0 radical (unpaired) electrons. The van der Waals surface area contributed by atoms with Crippen LogP contribution in [0.5, 0.6) is 0 Å². The fraction of sp³-hybridized carbons (Fsp3) is 0.600. The lowest BCUT2D eigenvalue weighted by atomic mass is 9.74. The Kier molecular flexibility index (Phi) is 2.98. The summed E-state index contributed by atoms with van der Waals surface area (Å²) < 4.78 is 24.7. The van der Waals surface area contributed by atoms with E-state index in [2.05, 4.69) is 18.7 Å². The third-order valence-electron chi connectivity index (χ3n) is 4.75. The molecule has 0 aliphatic carbocycles. The van der Waals surface area contributed by atoms with Crippen LogP contribution in [-0.2, 0) is 15.3 Å². The molecule has 0 amide bonds. The van der Waals surface area contributed by atoms with E-state index < -0.39 is 9.84 Å². The fourth-order valence-corrected chi connectivity index (χ4v) is 5.81. The highest BCUT2D eigenvalue weighted by molar-refractivity contribution is 7.91. The molecule has 0 saturated carbocycles. The van der Waals surface area contributed by atoms with Gasteiger partial charge < -0.3 is 4.90 Å². The van der Waals surface area contributed by atoms with Gasteiger partial charge in [0, 0.05) is 11.5 Å². The summed E-state index contributed by atoms with van der Waals surface area (Å²) in [4.78, 5) is 3.02. The van der Waals surface area contributed by atoms with Crippen LogP contribution in [0, 0.1) is 0 Å². The van der Waals surface area contributed by atoms with Gasteiger partial charge in [0.05, 0.1) is 10.6 Å². The topological polar surface area (TPSA) is 37.4 Å². The van der Waals surface area contributed by atoms with Gasteiger partial charge in [0.25, 0.3) is 0 Å². The number of likely N-dealkylation sites (tertiary alicyclic amines) is 1. The molecule has 2 aliphatic rings. The highest BCUT2D eigenvalue weighted by atomic mass is 32.2. The van der Waals surface area contributed by atoms with Crippen LogP contribution in [0.2, 0.25) is 0 Å². The summed E-state index contributed by atoms with van der Waals surface area (Å²) in [6, 6.07) is 8.14. The largest absolute Gasteiger partial charge is 0.301 e. The summed E-state index contributed by atoms with van der Waals surface area (Å²) in [7, 11) is -3.07. The highest BCUT2D eigenvalue weighted by Gasteiger charge is 2.48. The predicted octanol–water partition coefficient (Wildman–Crippen LogP) is 2.22. The number of hydrogen-bond acceptors (Lipinski definition) is 3. The van der Waals surface area contributed by atoms with E-state index in [4.69, 9.17) is 0 Å². The molecule has 0 N–H and O–H groups in total. The van der Waals surface area contributed by atoms with Gasteiger partial charge in [0.2, 0.25) is 0 Å². The number of piperidine rings is 1. The van der Waals surface area contributed by atoms with Gasteiger partial charge >= 0.3 is 0 Å². The molecule has 0 aromatic heterocycles. The van der Waals surface area contributed by atoms with Crippen molar-refractivity contribution in [2.24, 2.45) is 0 Å². The Morgan fingerprint density at radius 3 is 2.42 bits per heavy atom. The number of rotatable bonds is 1. The first-order valence-electron chi connectivity index (χ1n) is 7.01. The molecule has 0 unspecified atom stereocenters. The van der Waals surface area contributed by atoms with Crippen LogP contribution in [0.1, 0.15) is 32.3 Å². The molecule has 1 aromatic rings. The Hall–Kier alpha value is -0.870. The molecule has 0 atom stereocenters. The lowest BCUT2D eigenvalue weighted by Crippen LogP contribution is -2.46. The molecule has 1 aromatic carbocycles. The van der Waals surface area contributed by atoms with Gasteiger partial charge in [-0.3, -0.25) is 0 Å². The lowest BCUT2D eigenvalue weighted by molar-refractivity contribution is 0.139. The molecule has 4 heteroatoms. The SMILES string of the molecule is CC(C)N1CCC2(CC1)CS(=O)(=O)c1ccccc12. The molecule has 1 fully saturated rings. The molecule has 104 valence electrons. The van der Waals surface area contributed by atoms with Crippen LogP contribution in [0.4, 0.5) is 0 Å². The first-order valence-corrected chi connectivity index (χ1v) is 8.66. The van der Waals surface area contributed by atoms with Crippen molar-refractivity contribution >= 4 is 9.84 Å². The van der Waals surface area contributed by atoms with Crippen molar-refractivity contribution in [3.05, 3.63) is 29.8 Å². The molecule has 1 saturated heterocycles. The summed E-state index contributed by atoms with van der Waals surface area (Å²) in [5.41, 5.74) is 0.944. The number of benzene rings is 1. The van der Waals surface area contributed by atoms with Crippen molar-refractivity contribution in [3.63, 3.8) is 0 Å². The minimum absolute atomic E-state index is 0.124. The summed E-state index contributed by atoms with van der Waals surface area (Å²) in [5, 5.41) is 0. The van der Waals surface area contributed by atoms with Crippen molar-refractivity contribution in [2.45, 2.75) is 43.0 Å². The smallest absolute Gasteiger partial charge is 0.179 e. The molecular formula is C15H21NO2S. The van der Waals surface area contributed by atoms with Gasteiger partial charge in [-0.2, -0.15) is 0 Å². The third-order valence-corrected chi connectivity index (χ3v) is 6.70. The quantitative estimate of drug-likeness (QED) is 0.791. The number of nitrogens with zero attached hydrogens (tertiary/aromatic N) is 1. The minimum Gasteiger partial charge on any atom is -0.301 e. The zero-order chi connectivity index (χ0) is 13.7. The van der Waals surface area contributed by atoms with Crippen LogP contribution < -0.4 is 0 Å². The molecule has 2 aliphatic heterocycles. The zero-order valence-electron chi connectivity index (χ0n) is 11.6. The molecule has 1 spiro atoms. The molecule has 0 bridgehead atoms. The van der Waals surface area contributed by atoms with Crippen molar-refractivity contribution < 1.29 is 8.42 Å². The van der Waals surface area contributed by atoms with Crippen molar-refractivity contribution in [2.75, 3.05) is 18.8 Å². The van der Waals surface area contributed by atoms with Gasteiger partial charge in [0.15, 0.2) is 9.84 Å². The maximum atomic E-state index is 12.3. The van der Waals surface area contributed by atoms with Crippen LogP contribution in [0.15, 0.2) is 29.2 Å². The van der Waals surface area contributed by atoms with Gasteiger partial charge in [0.1, 0.15) is 0 Å². The monoisotopic (exact) mass is 279 g/mol. The maximum Gasteiger partial charge on any atom is 0.179 e.